The Balaban J connectivity index is 2.26. The van der Waals surface area contributed by atoms with Crippen molar-refractivity contribution in [3.8, 4) is 11.5 Å². The fraction of sp³-hybridized carbons (Fsp3) is 0.188. The van der Waals surface area contributed by atoms with Crippen molar-refractivity contribution in [1.29, 1.82) is 0 Å². The van der Waals surface area contributed by atoms with Crippen molar-refractivity contribution in [2.75, 3.05) is 14.2 Å². The minimum atomic E-state index is -0.522. The molecule has 0 aliphatic carbocycles. The van der Waals surface area contributed by atoms with Gasteiger partial charge in [-0.05, 0) is 18.2 Å². The molecule has 0 saturated carbocycles. The zero-order valence-corrected chi connectivity index (χ0v) is 12.6. The number of non-ortho nitro benzene ring substituents is 1. The Morgan fingerprint density at radius 2 is 1.87 bits per heavy atom. The molecule has 23 heavy (non-hydrogen) atoms. The van der Waals surface area contributed by atoms with E-state index in [4.69, 9.17) is 14.2 Å². The third-order valence-corrected chi connectivity index (χ3v) is 3.15. The largest absolute Gasteiger partial charge is 0.496 e. The van der Waals surface area contributed by atoms with Gasteiger partial charge in [0.15, 0.2) is 0 Å². The van der Waals surface area contributed by atoms with Crippen molar-refractivity contribution in [2.24, 2.45) is 0 Å². The zero-order chi connectivity index (χ0) is 16.8. The summed E-state index contributed by atoms with van der Waals surface area (Å²) in [5.41, 5.74) is 0.714. The van der Waals surface area contributed by atoms with E-state index in [2.05, 4.69) is 0 Å². The van der Waals surface area contributed by atoms with Crippen LogP contribution >= 0.6 is 0 Å². The van der Waals surface area contributed by atoms with Crippen LogP contribution in [0.1, 0.15) is 15.9 Å². The third-order valence-electron chi connectivity index (χ3n) is 3.15. The fourth-order valence-electron chi connectivity index (χ4n) is 2.02. The average Bonchev–Trinajstić information content (AvgIpc) is 2.59. The SMILES string of the molecule is COC(=O)c1ccccc1OCc1cc([N+](=O)[O-])ccc1OC. The van der Waals surface area contributed by atoms with E-state index < -0.39 is 10.9 Å². The maximum atomic E-state index is 11.7. The van der Waals surface area contributed by atoms with Crippen LogP contribution in [0, 0.1) is 10.1 Å². The second-order valence-electron chi connectivity index (χ2n) is 4.53. The predicted octanol–water partition coefficient (Wildman–Crippen LogP) is 2.97. The number of ether oxygens (including phenoxy) is 3. The van der Waals surface area contributed by atoms with Crippen LogP contribution in [0.2, 0.25) is 0 Å². The summed E-state index contributed by atoms with van der Waals surface area (Å²) in [6.45, 7) is 0.0128. The molecular formula is C16H15NO6. The highest BCUT2D eigenvalue weighted by atomic mass is 16.6. The highest BCUT2D eigenvalue weighted by Gasteiger charge is 2.15. The number of rotatable bonds is 6. The molecule has 0 aliphatic rings. The lowest BCUT2D eigenvalue weighted by Gasteiger charge is -2.12. The molecule has 0 bridgehead atoms. The summed E-state index contributed by atoms with van der Waals surface area (Å²) in [5.74, 6) is 0.269. The number of carbonyl (C=O) groups is 1. The predicted molar refractivity (Wildman–Crippen MR) is 81.8 cm³/mol. The van der Waals surface area contributed by atoms with Crippen LogP contribution in [-0.4, -0.2) is 25.1 Å². The Morgan fingerprint density at radius 3 is 2.52 bits per heavy atom. The average molecular weight is 317 g/mol. The molecular weight excluding hydrogens is 302 g/mol. The first kappa shape index (κ1) is 16.3. The molecule has 0 atom stereocenters. The van der Waals surface area contributed by atoms with E-state index in [0.717, 1.165) is 0 Å². The van der Waals surface area contributed by atoms with Gasteiger partial charge in [-0.3, -0.25) is 10.1 Å². The summed E-state index contributed by atoms with van der Waals surface area (Å²) < 4.78 is 15.5. The molecule has 7 nitrogen and oxygen atoms in total. The van der Waals surface area contributed by atoms with E-state index in [1.54, 1.807) is 24.3 Å². The first-order chi connectivity index (χ1) is 11.1. The van der Waals surface area contributed by atoms with Crippen LogP contribution in [0.5, 0.6) is 11.5 Å². The minimum absolute atomic E-state index is 0.0128. The van der Waals surface area contributed by atoms with E-state index >= 15 is 0 Å². The Bertz CT molecular complexity index is 728. The number of methoxy groups -OCH3 is 2. The summed E-state index contributed by atoms with van der Waals surface area (Å²) in [7, 11) is 2.75. The van der Waals surface area contributed by atoms with Gasteiger partial charge in [-0.15, -0.1) is 0 Å². The first-order valence-electron chi connectivity index (χ1n) is 6.68. The minimum Gasteiger partial charge on any atom is -0.496 e. The van der Waals surface area contributed by atoms with E-state index in [9.17, 15) is 14.9 Å². The molecule has 0 saturated heterocycles. The van der Waals surface area contributed by atoms with Gasteiger partial charge >= 0.3 is 5.97 Å². The topological polar surface area (TPSA) is 87.9 Å². The summed E-state index contributed by atoms with van der Waals surface area (Å²) in [5, 5.41) is 10.9. The zero-order valence-electron chi connectivity index (χ0n) is 12.6. The van der Waals surface area contributed by atoms with Crippen molar-refractivity contribution >= 4 is 11.7 Å². The molecule has 0 N–H and O–H groups in total. The molecule has 0 spiro atoms. The van der Waals surface area contributed by atoms with Crippen molar-refractivity contribution in [1.82, 2.24) is 0 Å². The molecule has 2 aromatic rings. The van der Waals surface area contributed by atoms with E-state index in [1.165, 1.54) is 32.4 Å². The number of nitro benzene ring substituents is 1. The molecule has 0 fully saturated rings. The molecule has 0 amide bonds. The molecule has 120 valence electrons. The molecule has 0 radical (unpaired) electrons. The number of nitrogens with zero attached hydrogens (tertiary/aromatic N) is 1. The number of hydrogen-bond acceptors (Lipinski definition) is 6. The fourth-order valence-corrected chi connectivity index (χ4v) is 2.02. The lowest BCUT2D eigenvalue weighted by molar-refractivity contribution is -0.385. The Labute approximate surface area is 132 Å². The maximum absolute atomic E-state index is 11.7. The molecule has 0 aromatic heterocycles. The lowest BCUT2D eigenvalue weighted by Crippen LogP contribution is -2.06. The van der Waals surface area contributed by atoms with Gasteiger partial charge in [-0.2, -0.15) is 0 Å². The van der Waals surface area contributed by atoms with Crippen LogP contribution < -0.4 is 9.47 Å². The van der Waals surface area contributed by atoms with Crippen LogP contribution in [0.3, 0.4) is 0 Å². The number of nitro groups is 1. The molecule has 0 unspecified atom stereocenters. The van der Waals surface area contributed by atoms with Gasteiger partial charge in [0, 0.05) is 17.7 Å². The highest BCUT2D eigenvalue weighted by molar-refractivity contribution is 5.92. The number of para-hydroxylation sites is 1. The summed E-state index contributed by atoms with van der Waals surface area (Å²) in [6.07, 6.45) is 0. The molecule has 0 heterocycles. The molecule has 7 heteroatoms. The van der Waals surface area contributed by atoms with Crippen LogP contribution in [0.25, 0.3) is 0 Å². The number of benzene rings is 2. The van der Waals surface area contributed by atoms with E-state index in [0.29, 0.717) is 17.1 Å². The number of carbonyl (C=O) groups excluding carboxylic acids is 1. The van der Waals surface area contributed by atoms with E-state index in [1.807, 2.05) is 0 Å². The Morgan fingerprint density at radius 1 is 1.13 bits per heavy atom. The smallest absolute Gasteiger partial charge is 0.341 e. The summed E-state index contributed by atoms with van der Waals surface area (Å²) in [4.78, 5) is 22.1. The van der Waals surface area contributed by atoms with Gasteiger partial charge in [0.25, 0.3) is 5.69 Å². The second-order valence-corrected chi connectivity index (χ2v) is 4.53. The van der Waals surface area contributed by atoms with Crippen LogP contribution in [-0.2, 0) is 11.3 Å². The lowest BCUT2D eigenvalue weighted by atomic mass is 10.1. The van der Waals surface area contributed by atoms with Gasteiger partial charge in [-0.1, -0.05) is 12.1 Å². The van der Waals surface area contributed by atoms with Gasteiger partial charge in [0.05, 0.1) is 19.1 Å². The Kier molecular flexibility index (Phi) is 5.14. The summed E-state index contributed by atoms with van der Waals surface area (Å²) >= 11 is 0. The second kappa shape index (κ2) is 7.26. The van der Waals surface area contributed by atoms with Crippen molar-refractivity contribution < 1.29 is 23.9 Å². The molecule has 0 aliphatic heterocycles. The van der Waals surface area contributed by atoms with E-state index in [-0.39, 0.29) is 17.9 Å². The highest BCUT2D eigenvalue weighted by Crippen LogP contribution is 2.26. The van der Waals surface area contributed by atoms with Crippen LogP contribution in [0.15, 0.2) is 42.5 Å². The molecule has 2 rings (SSSR count). The quantitative estimate of drug-likeness (QED) is 0.462. The monoisotopic (exact) mass is 317 g/mol. The standard InChI is InChI=1S/C16H15NO6/c1-21-14-8-7-12(17(19)20)9-11(14)10-23-15-6-4-3-5-13(15)16(18)22-2/h3-9H,10H2,1-2H3. The van der Waals surface area contributed by atoms with Gasteiger partial charge in [0.2, 0.25) is 0 Å². The van der Waals surface area contributed by atoms with Crippen molar-refractivity contribution in [2.45, 2.75) is 6.61 Å². The normalized spacial score (nSPS) is 10.0. The first-order valence-corrected chi connectivity index (χ1v) is 6.68. The third kappa shape index (κ3) is 3.76. The van der Waals surface area contributed by atoms with Crippen molar-refractivity contribution in [3.05, 3.63) is 63.7 Å². The van der Waals surface area contributed by atoms with Gasteiger partial charge in [0.1, 0.15) is 23.7 Å². The van der Waals surface area contributed by atoms with Gasteiger partial charge in [-0.25, -0.2) is 4.79 Å². The Hall–Kier alpha value is -3.09. The van der Waals surface area contributed by atoms with Crippen molar-refractivity contribution in [3.63, 3.8) is 0 Å². The number of esters is 1. The van der Waals surface area contributed by atoms with Crippen LogP contribution in [0.4, 0.5) is 5.69 Å². The maximum Gasteiger partial charge on any atom is 0.341 e. The number of hydrogen-bond donors (Lipinski definition) is 0. The summed E-state index contributed by atoms with van der Waals surface area (Å²) in [6, 6.07) is 10.8. The molecule has 2 aromatic carbocycles. The van der Waals surface area contributed by atoms with Gasteiger partial charge < -0.3 is 14.2 Å².